The molecule has 1 amide bonds. The highest BCUT2D eigenvalue weighted by molar-refractivity contribution is 7.92. The summed E-state index contributed by atoms with van der Waals surface area (Å²) in [5.74, 6) is 0.0705. The van der Waals surface area contributed by atoms with Crippen LogP contribution in [-0.4, -0.2) is 33.7 Å². The zero-order chi connectivity index (χ0) is 20.7. The third-order valence-corrected chi connectivity index (χ3v) is 6.10. The van der Waals surface area contributed by atoms with Gasteiger partial charge < -0.3 is 5.32 Å². The van der Waals surface area contributed by atoms with Crippen molar-refractivity contribution in [3.8, 4) is 0 Å². The summed E-state index contributed by atoms with van der Waals surface area (Å²) in [6.07, 6.45) is 1.64. The third kappa shape index (κ3) is 6.40. The molecule has 0 bridgehead atoms. The van der Waals surface area contributed by atoms with E-state index in [1.165, 1.54) is 0 Å². The minimum Gasteiger partial charge on any atom is -0.356 e. The summed E-state index contributed by atoms with van der Waals surface area (Å²) in [7, 11) is -3.59. The molecule has 0 saturated heterocycles. The van der Waals surface area contributed by atoms with E-state index in [0.29, 0.717) is 13.0 Å². The molecule has 1 atom stereocenters. The molecule has 0 aliphatic carbocycles. The zero-order valence-electron chi connectivity index (χ0n) is 15.9. The predicted octanol–water partition coefficient (Wildman–Crippen LogP) is 4.46. The Morgan fingerprint density at radius 2 is 1.68 bits per heavy atom. The van der Waals surface area contributed by atoms with Gasteiger partial charge in [-0.25, -0.2) is 8.42 Å². The van der Waals surface area contributed by atoms with Crippen LogP contribution in [0.5, 0.6) is 0 Å². The van der Waals surface area contributed by atoms with E-state index in [4.69, 9.17) is 23.2 Å². The van der Waals surface area contributed by atoms with Gasteiger partial charge in [-0.2, -0.15) is 0 Å². The predicted molar refractivity (Wildman–Crippen MR) is 116 cm³/mol. The molecule has 28 heavy (non-hydrogen) atoms. The summed E-state index contributed by atoms with van der Waals surface area (Å²) in [5, 5.41) is 3.40. The van der Waals surface area contributed by atoms with E-state index in [1.54, 1.807) is 18.2 Å². The number of carbonyl (C=O) groups is 1. The molecule has 0 fully saturated rings. The number of benzene rings is 2. The Hall–Kier alpha value is -1.76. The van der Waals surface area contributed by atoms with Crippen molar-refractivity contribution in [3.63, 3.8) is 0 Å². The van der Waals surface area contributed by atoms with Crippen LogP contribution < -0.4 is 9.62 Å². The van der Waals surface area contributed by atoms with E-state index in [0.717, 1.165) is 16.1 Å². The van der Waals surface area contributed by atoms with Crippen molar-refractivity contribution in [2.24, 2.45) is 0 Å². The fraction of sp³-hybridized carbons (Fsp3) is 0.350. The maximum atomic E-state index is 12.2. The number of para-hydroxylation sites is 1. The molecule has 0 aromatic heterocycles. The lowest BCUT2D eigenvalue weighted by Gasteiger charge is -2.24. The number of anilines is 1. The summed E-state index contributed by atoms with van der Waals surface area (Å²) >= 11 is 12.3. The molecule has 8 heteroatoms. The minimum absolute atomic E-state index is 0.115. The molecule has 0 heterocycles. The summed E-state index contributed by atoms with van der Waals surface area (Å²) in [6, 6.07) is 14.7. The molecule has 2 aromatic carbocycles. The number of carbonyl (C=O) groups excluding carboxylic acids is 1. The van der Waals surface area contributed by atoms with Crippen LogP contribution in [0, 0.1) is 0 Å². The van der Waals surface area contributed by atoms with E-state index < -0.39 is 10.0 Å². The Balaban J connectivity index is 1.91. The van der Waals surface area contributed by atoms with Crippen LogP contribution >= 0.6 is 23.2 Å². The van der Waals surface area contributed by atoms with Gasteiger partial charge in [0.05, 0.1) is 22.0 Å². The highest BCUT2D eigenvalue weighted by Gasteiger charge is 2.22. The molecule has 1 unspecified atom stereocenters. The van der Waals surface area contributed by atoms with E-state index in [1.807, 2.05) is 37.3 Å². The zero-order valence-corrected chi connectivity index (χ0v) is 18.2. The number of nitrogens with zero attached hydrogens (tertiary/aromatic N) is 1. The van der Waals surface area contributed by atoms with E-state index in [2.05, 4.69) is 5.32 Å². The van der Waals surface area contributed by atoms with Gasteiger partial charge in [0.2, 0.25) is 15.9 Å². The molecule has 1 N–H and O–H groups in total. The van der Waals surface area contributed by atoms with Crippen molar-refractivity contribution in [2.45, 2.75) is 25.7 Å². The van der Waals surface area contributed by atoms with Crippen LogP contribution in [0.4, 0.5) is 5.69 Å². The normalized spacial score (nSPS) is 12.4. The van der Waals surface area contributed by atoms with Gasteiger partial charge in [0.1, 0.15) is 0 Å². The van der Waals surface area contributed by atoms with Crippen molar-refractivity contribution in [3.05, 3.63) is 64.1 Å². The molecule has 152 valence electrons. The molecule has 0 aliphatic rings. The fourth-order valence-corrected chi connectivity index (χ4v) is 4.50. The molecule has 0 saturated carbocycles. The largest absolute Gasteiger partial charge is 0.356 e. The number of sulfonamides is 1. The van der Waals surface area contributed by atoms with E-state index >= 15 is 0 Å². The second-order valence-electron chi connectivity index (χ2n) is 6.62. The van der Waals surface area contributed by atoms with Gasteiger partial charge in [0.25, 0.3) is 0 Å². The molecular weight excluding hydrogens is 419 g/mol. The number of nitrogens with one attached hydrogen (secondary N) is 1. The Kier molecular flexibility index (Phi) is 8.16. The number of hydrogen-bond donors (Lipinski definition) is 1. The van der Waals surface area contributed by atoms with Crippen molar-refractivity contribution < 1.29 is 13.2 Å². The van der Waals surface area contributed by atoms with Crippen LogP contribution in [0.2, 0.25) is 10.0 Å². The first-order chi connectivity index (χ1) is 13.2. The maximum Gasteiger partial charge on any atom is 0.232 e. The van der Waals surface area contributed by atoms with Crippen LogP contribution in [0.25, 0.3) is 0 Å². The monoisotopic (exact) mass is 442 g/mol. The van der Waals surface area contributed by atoms with Gasteiger partial charge in [-0.15, -0.1) is 0 Å². The maximum absolute atomic E-state index is 12.2. The minimum atomic E-state index is -3.59. The molecule has 5 nitrogen and oxygen atoms in total. The molecular formula is C20H24Cl2N2O3S. The SMILES string of the molecule is CC(CNC(=O)CCCN(c1c(Cl)cccc1Cl)S(C)(=O)=O)c1ccccc1. The van der Waals surface area contributed by atoms with Crippen LogP contribution in [0.15, 0.2) is 48.5 Å². The number of halogens is 2. The topological polar surface area (TPSA) is 66.5 Å². The molecule has 0 aliphatic heterocycles. The summed E-state index contributed by atoms with van der Waals surface area (Å²) < 4.78 is 25.5. The molecule has 2 aromatic rings. The lowest BCUT2D eigenvalue weighted by molar-refractivity contribution is -0.121. The number of hydrogen-bond acceptors (Lipinski definition) is 3. The summed E-state index contributed by atoms with van der Waals surface area (Å²) in [5.41, 5.74) is 1.39. The summed E-state index contributed by atoms with van der Waals surface area (Å²) in [6.45, 7) is 2.68. The highest BCUT2D eigenvalue weighted by atomic mass is 35.5. The van der Waals surface area contributed by atoms with Gasteiger partial charge >= 0.3 is 0 Å². The molecule has 2 rings (SSSR count). The van der Waals surface area contributed by atoms with Crippen LogP contribution in [0.3, 0.4) is 0 Å². The van der Waals surface area contributed by atoms with Gasteiger partial charge in [0, 0.05) is 19.5 Å². The van der Waals surface area contributed by atoms with Crippen molar-refractivity contribution in [2.75, 3.05) is 23.7 Å². The first kappa shape index (κ1) is 22.5. The Bertz CT molecular complexity index is 885. The fourth-order valence-electron chi connectivity index (χ4n) is 2.81. The van der Waals surface area contributed by atoms with Crippen LogP contribution in [0.1, 0.15) is 31.2 Å². The Labute approximate surface area is 176 Å². The first-order valence-corrected chi connectivity index (χ1v) is 11.5. The number of amides is 1. The smallest absolute Gasteiger partial charge is 0.232 e. The van der Waals surface area contributed by atoms with Crippen molar-refractivity contribution in [1.29, 1.82) is 0 Å². The highest BCUT2D eigenvalue weighted by Crippen LogP contribution is 2.35. The second-order valence-corrected chi connectivity index (χ2v) is 9.35. The van der Waals surface area contributed by atoms with Gasteiger partial charge in [-0.1, -0.05) is 66.5 Å². The lowest BCUT2D eigenvalue weighted by atomic mass is 10.0. The standard InChI is InChI=1S/C20H24Cl2N2O3S/c1-15(16-8-4-3-5-9-16)14-23-19(25)12-7-13-24(28(2,26)27)20-17(21)10-6-11-18(20)22/h3-6,8-11,15H,7,12-14H2,1-2H3,(H,23,25). The number of rotatable bonds is 9. The average molecular weight is 443 g/mol. The first-order valence-electron chi connectivity index (χ1n) is 8.93. The second kappa shape index (κ2) is 10.1. The van der Waals surface area contributed by atoms with Gasteiger partial charge in [0.15, 0.2) is 0 Å². The average Bonchev–Trinajstić information content (AvgIpc) is 2.64. The van der Waals surface area contributed by atoms with Crippen molar-refractivity contribution in [1.82, 2.24) is 5.32 Å². The van der Waals surface area contributed by atoms with E-state index in [-0.39, 0.29) is 40.5 Å². The molecule has 0 spiro atoms. The van der Waals surface area contributed by atoms with Crippen LogP contribution in [-0.2, 0) is 14.8 Å². The quantitative estimate of drug-likeness (QED) is 0.623. The third-order valence-electron chi connectivity index (χ3n) is 4.33. The lowest BCUT2D eigenvalue weighted by Crippen LogP contribution is -2.33. The van der Waals surface area contributed by atoms with E-state index in [9.17, 15) is 13.2 Å². The summed E-state index contributed by atoms with van der Waals surface area (Å²) in [4.78, 5) is 12.1. The van der Waals surface area contributed by atoms with Crippen molar-refractivity contribution >= 4 is 44.8 Å². The van der Waals surface area contributed by atoms with Gasteiger partial charge in [-0.05, 0) is 30.0 Å². The molecule has 0 radical (unpaired) electrons. The Morgan fingerprint density at radius 3 is 2.25 bits per heavy atom. The van der Waals surface area contributed by atoms with Gasteiger partial charge in [-0.3, -0.25) is 9.10 Å². The Morgan fingerprint density at radius 1 is 1.07 bits per heavy atom.